The van der Waals surface area contributed by atoms with E-state index in [-0.39, 0.29) is 17.1 Å². The second-order valence-corrected chi connectivity index (χ2v) is 10.6. The normalized spacial score (nSPS) is 11.8. The average molecular weight is 521 g/mol. The summed E-state index contributed by atoms with van der Waals surface area (Å²) in [6, 6.07) is 12.1. The molecule has 39 heavy (non-hydrogen) atoms. The smallest absolute Gasteiger partial charge is 0.224 e. The van der Waals surface area contributed by atoms with Gasteiger partial charge in [-0.2, -0.15) is 5.10 Å². The summed E-state index contributed by atoms with van der Waals surface area (Å²) in [7, 11) is 0. The second-order valence-electron chi connectivity index (χ2n) is 10.6. The number of hydrogen-bond donors (Lipinski definition) is 3. The van der Waals surface area contributed by atoms with Crippen LogP contribution in [0, 0.1) is 11.2 Å². The Kier molecular flexibility index (Phi) is 5.86. The van der Waals surface area contributed by atoms with Crippen molar-refractivity contribution in [2.75, 3.05) is 5.32 Å². The van der Waals surface area contributed by atoms with Crippen LogP contribution in [0.5, 0.6) is 0 Å². The van der Waals surface area contributed by atoms with Crippen molar-refractivity contribution in [1.82, 2.24) is 35.1 Å². The van der Waals surface area contributed by atoms with Crippen molar-refractivity contribution in [3.05, 3.63) is 73.1 Å². The Bertz CT molecular complexity index is 1850. The number of aromatic nitrogens is 7. The molecule has 6 aromatic rings. The van der Waals surface area contributed by atoms with E-state index < -0.39 is 0 Å². The molecule has 9 nitrogen and oxygen atoms in total. The molecule has 0 aliphatic rings. The number of carbonyl (C=O) groups excluding carboxylic acids is 1. The maximum atomic E-state index is 14.6. The zero-order valence-corrected chi connectivity index (χ0v) is 21.6. The van der Waals surface area contributed by atoms with E-state index in [0.29, 0.717) is 51.6 Å². The molecule has 0 radical (unpaired) electrons. The lowest BCUT2D eigenvalue weighted by Gasteiger charge is -2.17. The number of fused-ring (bicyclic) bond motifs is 2. The zero-order chi connectivity index (χ0) is 27.1. The maximum Gasteiger partial charge on any atom is 0.224 e. The van der Waals surface area contributed by atoms with Crippen molar-refractivity contribution in [1.29, 1.82) is 0 Å². The van der Waals surface area contributed by atoms with Crippen molar-refractivity contribution in [2.45, 2.75) is 27.2 Å². The molecule has 0 bridgehead atoms. The topological polar surface area (TPSA) is 125 Å². The van der Waals surface area contributed by atoms with Crippen LogP contribution in [0.3, 0.4) is 0 Å². The lowest BCUT2D eigenvalue weighted by Crippen LogP contribution is -2.19. The van der Waals surface area contributed by atoms with Gasteiger partial charge in [-0.1, -0.05) is 39.0 Å². The monoisotopic (exact) mass is 520 g/mol. The molecule has 6 rings (SSSR count). The predicted octanol–water partition coefficient (Wildman–Crippen LogP) is 6.14. The highest BCUT2D eigenvalue weighted by molar-refractivity contribution is 5.97. The molecule has 0 atom stereocenters. The van der Waals surface area contributed by atoms with E-state index in [9.17, 15) is 9.18 Å². The number of pyridine rings is 3. The Morgan fingerprint density at radius 3 is 2.69 bits per heavy atom. The van der Waals surface area contributed by atoms with Crippen LogP contribution in [-0.4, -0.2) is 41.0 Å². The van der Waals surface area contributed by atoms with Gasteiger partial charge in [0.2, 0.25) is 5.91 Å². The quantitative estimate of drug-likeness (QED) is 0.251. The number of nitrogens with one attached hydrogen (secondary N) is 3. The van der Waals surface area contributed by atoms with Gasteiger partial charge in [-0.15, -0.1) is 0 Å². The van der Waals surface area contributed by atoms with Gasteiger partial charge in [0.15, 0.2) is 11.5 Å². The second kappa shape index (κ2) is 9.39. The van der Waals surface area contributed by atoms with E-state index in [2.05, 4.69) is 40.4 Å². The molecule has 0 unspecified atom stereocenters. The van der Waals surface area contributed by atoms with Gasteiger partial charge in [-0.3, -0.25) is 19.9 Å². The number of carbonyl (C=O) groups is 1. The van der Waals surface area contributed by atoms with Gasteiger partial charge in [0.1, 0.15) is 11.5 Å². The fourth-order valence-electron chi connectivity index (χ4n) is 4.52. The highest BCUT2D eigenvalue weighted by Crippen LogP contribution is 2.33. The molecule has 5 heterocycles. The molecule has 0 aliphatic heterocycles. The largest absolute Gasteiger partial charge is 0.335 e. The van der Waals surface area contributed by atoms with Crippen LogP contribution in [0.25, 0.3) is 56.0 Å². The summed E-state index contributed by atoms with van der Waals surface area (Å²) >= 11 is 0. The van der Waals surface area contributed by atoms with Crippen LogP contribution in [0.15, 0.2) is 67.3 Å². The number of halogens is 1. The first-order chi connectivity index (χ1) is 18.7. The van der Waals surface area contributed by atoms with Gasteiger partial charge in [0, 0.05) is 40.9 Å². The van der Waals surface area contributed by atoms with Crippen LogP contribution < -0.4 is 5.32 Å². The van der Waals surface area contributed by atoms with Gasteiger partial charge < -0.3 is 10.3 Å². The predicted molar refractivity (Wildman–Crippen MR) is 148 cm³/mol. The number of H-pyrrole nitrogens is 2. The van der Waals surface area contributed by atoms with Gasteiger partial charge in [0.25, 0.3) is 0 Å². The molecule has 0 spiro atoms. The number of imidazole rings is 1. The third kappa shape index (κ3) is 4.84. The highest BCUT2D eigenvalue weighted by Gasteiger charge is 2.19. The Balaban J connectivity index is 1.37. The molecule has 0 fully saturated rings. The SMILES string of the molecule is CC(C)(C)CC(=O)Nc1cncc(-c2cc3c(-c4nc5nccc(-c6ccccc6F)c5[nH]4)n[nH]c3cn2)c1. The van der Waals surface area contributed by atoms with Crippen LogP contribution in [0.1, 0.15) is 27.2 Å². The van der Waals surface area contributed by atoms with Crippen LogP contribution >= 0.6 is 0 Å². The third-order valence-electron chi connectivity index (χ3n) is 6.24. The van der Waals surface area contributed by atoms with E-state index in [1.807, 2.05) is 32.9 Å². The Hall–Kier alpha value is -4.99. The summed E-state index contributed by atoms with van der Waals surface area (Å²) in [5, 5.41) is 11.2. The molecule has 0 saturated carbocycles. The molecule has 194 valence electrons. The molecular formula is C29H25FN8O. The summed E-state index contributed by atoms with van der Waals surface area (Å²) in [6.45, 7) is 6.05. The molecule has 1 aromatic carbocycles. The molecule has 5 aromatic heterocycles. The molecular weight excluding hydrogens is 495 g/mol. The van der Waals surface area contributed by atoms with Gasteiger partial charge in [-0.25, -0.2) is 14.4 Å². The number of hydrogen-bond acceptors (Lipinski definition) is 6. The van der Waals surface area contributed by atoms with Gasteiger partial charge in [-0.05, 0) is 29.7 Å². The summed E-state index contributed by atoms with van der Waals surface area (Å²) in [6.07, 6.45) is 7.00. The van der Waals surface area contributed by atoms with Crippen LogP contribution in [0.2, 0.25) is 0 Å². The maximum absolute atomic E-state index is 14.6. The fourth-order valence-corrected chi connectivity index (χ4v) is 4.52. The van der Waals surface area contributed by atoms with E-state index >= 15 is 0 Å². The van der Waals surface area contributed by atoms with Gasteiger partial charge in [0.05, 0.1) is 34.8 Å². The first kappa shape index (κ1) is 24.4. The number of aromatic amines is 2. The first-order valence-corrected chi connectivity index (χ1v) is 12.4. The minimum atomic E-state index is -0.326. The molecule has 0 saturated heterocycles. The summed E-state index contributed by atoms with van der Waals surface area (Å²) in [4.78, 5) is 33.6. The Labute approximate surface area is 223 Å². The van der Waals surface area contributed by atoms with E-state index in [0.717, 1.165) is 16.5 Å². The van der Waals surface area contributed by atoms with Crippen LogP contribution in [-0.2, 0) is 4.79 Å². The summed E-state index contributed by atoms with van der Waals surface area (Å²) in [5.74, 6) is 0.0914. The van der Waals surface area contributed by atoms with E-state index in [1.54, 1.807) is 49.1 Å². The number of rotatable bonds is 5. The minimum Gasteiger partial charge on any atom is -0.335 e. The summed E-state index contributed by atoms with van der Waals surface area (Å²) < 4.78 is 14.6. The highest BCUT2D eigenvalue weighted by atomic mass is 19.1. The minimum absolute atomic E-state index is 0.0739. The Morgan fingerprint density at radius 1 is 1.03 bits per heavy atom. The molecule has 10 heteroatoms. The molecule has 0 aliphatic carbocycles. The van der Waals surface area contributed by atoms with Crippen molar-refractivity contribution in [3.8, 4) is 33.9 Å². The third-order valence-corrected chi connectivity index (χ3v) is 6.24. The van der Waals surface area contributed by atoms with Crippen molar-refractivity contribution < 1.29 is 9.18 Å². The number of amides is 1. The fraction of sp³-hybridized carbons (Fsp3) is 0.172. The standard InChI is InChI=1S/C29H25FN8O/c1-29(2,3)12-24(39)34-17-10-16(13-31-14-17)22-11-20-23(15-33-22)37-38-26(20)28-35-25-19(8-9-32-27(25)36-28)18-6-4-5-7-21(18)30/h4-11,13-15H,12H2,1-3H3,(H,34,39)(H,37,38)(H,32,35,36). The first-order valence-electron chi connectivity index (χ1n) is 12.4. The van der Waals surface area contributed by atoms with Crippen molar-refractivity contribution in [2.24, 2.45) is 5.41 Å². The molecule has 1 amide bonds. The molecule has 3 N–H and O–H groups in total. The zero-order valence-electron chi connectivity index (χ0n) is 21.6. The number of anilines is 1. The number of benzene rings is 1. The van der Waals surface area contributed by atoms with Gasteiger partial charge >= 0.3 is 0 Å². The lowest BCUT2D eigenvalue weighted by molar-refractivity contribution is -0.117. The lowest BCUT2D eigenvalue weighted by atomic mass is 9.92. The van der Waals surface area contributed by atoms with Crippen molar-refractivity contribution in [3.63, 3.8) is 0 Å². The number of nitrogens with zero attached hydrogens (tertiary/aromatic N) is 5. The van der Waals surface area contributed by atoms with Crippen LogP contribution in [0.4, 0.5) is 10.1 Å². The van der Waals surface area contributed by atoms with E-state index in [1.165, 1.54) is 6.07 Å². The summed E-state index contributed by atoms with van der Waals surface area (Å²) in [5.41, 5.74) is 5.37. The Morgan fingerprint density at radius 2 is 1.87 bits per heavy atom. The van der Waals surface area contributed by atoms with E-state index in [4.69, 9.17) is 0 Å². The average Bonchev–Trinajstić information content (AvgIpc) is 3.51. The van der Waals surface area contributed by atoms with Crippen molar-refractivity contribution >= 4 is 33.7 Å².